The molecule has 4 aromatic rings. The molecule has 0 saturated heterocycles. The number of carbonyl (C=O) groups is 2. The van der Waals surface area contributed by atoms with Crippen molar-refractivity contribution in [2.24, 2.45) is 11.5 Å². The lowest BCUT2D eigenvalue weighted by atomic mass is 10.2. The SMILES string of the molecule is C[C@H](N)c1ccc(OCCOCCOCCOCCOc2ccc([C@H](C)N)nc2)cn1.C[C@H](NC(=O)OC(C)(C)C)c1ccc(OCCOCCOCCOCCOc2ccc([C@H](C)NC(=O)OC(C)(C)C)nc2)cn1.Cl. The number of carbonyl (C=O) groups excluding carboxylic acids is 2. The van der Waals surface area contributed by atoms with Crippen molar-refractivity contribution in [3.05, 3.63) is 96.1 Å². The van der Waals surface area contributed by atoms with E-state index in [0.717, 1.165) is 11.4 Å². The Labute approximate surface area is 461 Å². The number of nitrogens with two attached hydrogens (primary N) is 2. The largest absolute Gasteiger partial charge is 0.490 e. The van der Waals surface area contributed by atoms with Crippen LogP contribution < -0.4 is 41.0 Å². The summed E-state index contributed by atoms with van der Waals surface area (Å²) in [5.74, 6) is 2.62. The third kappa shape index (κ3) is 32.6. The van der Waals surface area contributed by atoms with Gasteiger partial charge < -0.3 is 78.9 Å². The van der Waals surface area contributed by atoms with E-state index in [1.165, 1.54) is 0 Å². The number of ether oxygens (including phenoxy) is 12. The number of rotatable bonds is 34. The number of hydrogen-bond donors (Lipinski definition) is 4. The van der Waals surface area contributed by atoms with E-state index < -0.39 is 23.4 Å². The van der Waals surface area contributed by atoms with Gasteiger partial charge in [0.2, 0.25) is 0 Å². The van der Waals surface area contributed by atoms with Crippen LogP contribution >= 0.6 is 12.4 Å². The first-order valence-electron chi connectivity index (χ1n) is 25.6. The van der Waals surface area contributed by atoms with E-state index >= 15 is 0 Å². The van der Waals surface area contributed by atoms with Crippen molar-refractivity contribution in [3.8, 4) is 23.0 Å². The zero-order valence-corrected chi connectivity index (χ0v) is 47.4. The molecule has 4 rings (SSSR count). The Morgan fingerprint density at radius 1 is 0.403 bits per heavy atom. The molecule has 4 atom stereocenters. The normalized spacial score (nSPS) is 12.8. The number of aromatic nitrogens is 4. The van der Waals surface area contributed by atoms with E-state index in [0.29, 0.717) is 140 Å². The molecule has 0 bridgehead atoms. The molecule has 0 saturated carbocycles. The Hall–Kier alpha value is -5.69. The molecule has 0 aromatic carbocycles. The van der Waals surface area contributed by atoms with Crippen LogP contribution in [0.25, 0.3) is 0 Å². The van der Waals surface area contributed by atoms with Crippen molar-refractivity contribution in [2.45, 2.75) is 105 Å². The van der Waals surface area contributed by atoms with E-state index in [4.69, 9.17) is 68.3 Å². The van der Waals surface area contributed by atoms with Crippen molar-refractivity contribution in [3.63, 3.8) is 0 Å². The number of alkyl carbamates (subject to hydrolysis) is 2. The van der Waals surface area contributed by atoms with Crippen LogP contribution in [-0.2, 0) is 37.9 Å². The highest BCUT2D eigenvalue weighted by atomic mass is 35.5. The van der Waals surface area contributed by atoms with E-state index in [1.54, 1.807) is 49.1 Å². The molecule has 4 heterocycles. The number of nitrogens with one attached hydrogen (secondary N) is 2. The van der Waals surface area contributed by atoms with Crippen LogP contribution in [0, 0.1) is 0 Å². The van der Waals surface area contributed by atoms with Crippen LogP contribution in [0.4, 0.5) is 9.59 Å². The smallest absolute Gasteiger partial charge is 0.408 e. The quantitative estimate of drug-likeness (QED) is 0.0328. The van der Waals surface area contributed by atoms with Gasteiger partial charge in [0, 0.05) is 12.1 Å². The van der Waals surface area contributed by atoms with E-state index in [2.05, 4.69) is 30.6 Å². The number of pyridine rings is 4. The average Bonchev–Trinajstić information content (AvgIpc) is 3.36. The van der Waals surface area contributed by atoms with Crippen LogP contribution in [-0.4, -0.2) is 149 Å². The molecule has 23 heteroatoms. The summed E-state index contributed by atoms with van der Waals surface area (Å²) >= 11 is 0. The Balaban J connectivity index is 0.000000555. The van der Waals surface area contributed by atoms with Crippen LogP contribution in [0.5, 0.6) is 23.0 Å². The lowest BCUT2D eigenvalue weighted by Gasteiger charge is -2.21. The van der Waals surface area contributed by atoms with Gasteiger partial charge >= 0.3 is 12.2 Å². The van der Waals surface area contributed by atoms with Crippen LogP contribution in [0.1, 0.15) is 116 Å². The molecule has 4 aromatic heterocycles. The lowest BCUT2D eigenvalue weighted by Crippen LogP contribution is -2.34. The summed E-state index contributed by atoms with van der Waals surface area (Å²) in [6.45, 7) is 25.5. The molecular formula is C54H85ClN8O14. The van der Waals surface area contributed by atoms with Crippen LogP contribution in [0.2, 0.25) is 0 Å². The molecular weight excluding hydrogens is 1020 g/mol. The molecule has 0 unspecified atom stereocenters. The molecule has 0 aliphatic heterocycles. The van der Waals surface area contributed by atoms with Gasteiger partial charge in [0.15, 0.2) is 0 Å². The van der Waals surface area contributed by atoms with Gasteiger partial charge in [-0.05, 0) is 118 Å². The highest BCUT2D eigenvalue weighted by Gasteiger charge is 2.20. The van der Waals surface area contributed by atoms with Crippen LogP contribution in [0.3, 0.4) is 0 Å². The topological polar surface area (TPSA) is 273 Å². The van der Waals surface area contributed by atoms with Gasteiger partial charge in [-0.2, -0.15) is 0 Å². The van der Waals surface area contributed by atoms with Crippen molar-refractivity contribution < 1.29 is 66.4 Å². The molecule has 2 amide bonds. The number of nitrogens with zero attached hydrogens (tertiary/aromatic N) is 4. The van der Waals surface area contributed by atoms with Gasteiger partial charge in [-0.15, -0.1) is 12.4 Å². The highest BCUT2D eigenvalue weighted by Crippen LogP contribution is 2.18. The van der Waals surface area contributed by atoms with E-state index in [-0.39, 0.29) is 36.6 Å². The van der Waals surface area contributed by atoms with Gasteiger partial charge in [0.1, 0.15) is 60.6 Å². The molecule has 432 valence electrons. The molecule has 0 aliphatic carbocycles. The number of amides is 2. The van der Waals surface area contributed by atoms with Crippen molar-refractivity contribution in [2.75, 3.05) is 106 Å². The van der Waals surface area contributed by atoms with E-state index in [9.17, 15) is 9.59 Å². The van der Waals surface area contributed by atoms with Crippen molar-refractivity contribution in [1.29, 1.82) is 0 Å². The number of hydrogen-bond acceptors (Lipinski definition) is 20. The lowest BCUT2D eigenvalue weighted by molar-refractivity contribution is 0.00495. The predicted octanol–water partition coefficient (Wildman–Crippen LogP) is 7.60. The monoisotopic (exact) mass is 1100 g/mol. The standard InChI is InChI=1S/C32H50N4O9.C22H34N4O5.ClH/c1-23(35-29(37)44-31(3,4)5)27-11-9-25(21-33-27)42-19-17-40-15-13-39-14-16-41-18-20-43-26-10-12-28(34-22-26)24(2)36-30(38)45-32(6,7)8;1-17(23)21-5-3-19(15-25-21)30-13-11-28-9-7-27-8-10-29-12-14-31-20-4-6-22(18(2)24)26-16-20;/h9-12,21-24H,13-20H2,1-8H3,(H,35,37)(H,36,38);3-6,15-18H,7-14,23-24H2,1-2H3;1H/t23-,24-;17-,18-;/m00./s1. The summed E-state index contributed by atoms with van der Waals surface area (Å²) in [6.07, 6.45) is 5.58. The molecule has 22 nitrogen and oxygen atoms in total. The maximum Gasteiger partial charge on any atom is 0.408 e. The zero-order chi connectivity index (χ0) is 55.6. The first kappa shape index (κ1) is 67.4. The Kier molecular flexibility index (Phi) is 33.2. The third-order valence-corrected chi connectivity index (χ3v) is 9.80. The van der Waals surface area contributed by atoms with Gasteiger partial charge in [0.25, 0.3) is 0 Å². The predicted molar refractivity (Wildman–Crippen MR) is 292 cm³/mol. The Morgan fingerprint density at radius 3 is 0.818 bits per heavy atom. The fourth-order valence-corrected chi connectivity index (χ4v) is 6.03. The second-order valence-corrected chi connectivity index (χ2v) is 19.1. The molecule has 0 fully saturated rings. The van der Waals surface area contributed by atoms with Crippen molar-refractivity contribution >= 4 is 24.6 Å². The maximum absolute atomic E-state index is 11.9. The highest BCUT2D eigenvalue weighted by molar-refractivity contribution is 5.85. The van der Waals surface area contributed by atoms with Crippen molar-refractivity contribution in [1.82, 2.24) is 30.6 Å². The average molecular weight is 1110 g/mol. The second-order valence-electron chi connectivity index (χ2n) is 19.1. The molecule has 77 heavy (non-hydrogen) atoms. The fourth-order valence-electron chi connectivity index (χ4n) is 6.03. The first-order valence-corrected chi connectivity index (χ1v) is 25.6. The van der Waals surface area contributed by atoms with Gasteiger partial charge in [-0.3, -0.25) is 19.9 Å². The van der Waals surface area contributed by atoms with E-state index in [1.807, 2.05) is 93.5 Å². The minimum atomic E-state index is -0.561. The summed E-state index contributed by atoms with van der Waals surface area (Å²) in [6, 6.07) is 13.8. The number of halogens is 1. The van der Waals surface area contributed by atoms with Crippen LogP contribution in [0.15, 0.2) is 73.3 Å². The van der Waals surface area contributed by atoms with Gasteiger partial charge in [0.05, 0.1) is 139 Å². The van der Waals surface area contributed by atoms with Gasteiger partial charge in [-0.1, -0.05) is 0 Å². The molecule has 0 aliphatic rings. The summed E-state index contributed by atoms with van der Waals surface area (Å²) in [7, 11) is 0. The summed E-state index contributed by atoms with van der Waals surface area (Å²) in [5.41, 5.74) is 13.5. The Bertz CT molecular complexity index is 2000. The fraction of sp³-hybridized carbons (Fsp3) is 0.593. The summed E-state index contributed by atoms with van der Waals surface area (Å²) in [5, 5.41) is 5.52. The Morgan fingerprint density at radius 2 is 0.623 bits per heavy atom. The second kappa shape index (κ2) is 38.0. The summed E-state index contributed by atoms with van der Waals surface area (Å²) in [4.78, 5) is 41.0. The minimum Gasteiger partial charge on any atom is -0.490 e. The molecule has 0 spiro atoms. The first-order chi connectivity index (χ1) is 36.3. The van der Waals surface area contributed by atoms with Gasteiger partial charge in [-0.25, -0.2) is 9.59 Å². The zero-order valence-electron chi connectivity index (χ0n) is 46.6. The maximum atomic E-state index is 11.9. The third-order valence-electron chi connectivity index (χ3n) is 9.80. The minimum absolute atomic E-state index is 0. The summed E-state index contributed by atoms with van der Waals surface area (Å²) < 4.78 is 65.9. The molecule has 6 N–H and O–H groups in total. The molecule has 0 radical (unpaired) electrons.